The summed E-state index contributed by atoms with van der Waals surface area (Å²) in [5, 5.41) is 55.1. The molecule has 182 valence electrons. The van der Waals surface area contributed by atoms with Crippen molar-refractivity contribution in [3.63, 3.8) is 0 Å². The summed E-state index contributed by atoms with van der Waals surface area (Å²) in [6, 6.07) is 0. The van der Waals surface area contributed by atoms with Gasteiger partial charge in [-0.2, -0.15) is 0 Å². The number of nitrogens with two attached hydrogens (primary N) is 1. The summed E-state index contributed by atoms with van der Waals surface area (Å²) in [4.78, 5) is 48.8. The average Bonchev–Trinajstić information content (AvgIpc) is 2.93. The molecule has 0 bridgehead atoms. The largest absolute Gasteiger partial charge is 2.00 e. The van der Waals surface area contributed by atoms with Crippen molar-refractivity contribution in [2.75, 3.05) is 6.54 Å². The van der Waals surface area contributed by atoms with E-state index in [1.165, 1.54) is 17.0 Å². The molecule has 0 fully saturated rings. The predicted molar refractivity (Wildman–Crippen MR) is 86.7 cm³/mol. The molecule has 15 nitrogen and oxygen atoms in total. The predicted octanol–water partition coefficient (Wildman–Crippen LogP) is -5.87. The summed E-state index contributed by atoms with van der Waals surface area (Å²) in [6.45, 7) is 4.04. The molecule has 0 aliphatic heterocycles. The Labute approximate surface area is 202 Å². The van der Waals surface area contributed by atoms with Gasteiger partial charge < -0.3 is 60.6 Å². The summed E-state index contributed by atoms with van der Waals surface area (Å²) in [5.74, 6) is -4.62. The number of aliphatic hydroxyl groups is 1. The third-order valence-electron chi connectivity index (χ3n) is 1.54. The van der Waals surface area contributed by atoms with Gasteiger partial charge in [-0.05, 0) is 32.6 Å². The van der Waals surface area contributed by atoms with Gasteiger partial charge in [-0.15, -0.1) is 0 Å². The zero-order chi connectivity index (χ0) is 24.2. The first-order valence-electron chi connectivity index (χ1n) is 7.32. The number of nitro groups is 1. The van der Waals surface area contributed by atoms with Crippen LogP contribution in [0.5, 0.6) is 0 Å². The van der Waals surface area contributed by atoms with Crippen LogP contribution in [-0.4, -0.2) is 56.1 Å². The van der Waals surface area contributed by atoms with Crippen molar-refractivity contribution in [2.45, 2.75) is 40.3 Å². The van der Waals surface area contributed by atoms with Crippen molar-refractivity contribution in [2.24, 2.45) is 5.73 Å². The van der Waals surface area contributed by atoms with Crippen LogP contribution in [0.3, 0.4) is 0 Å². The van der Waals surface area contributed by atoms with E-state index >= 15 is 0 Å². The monoisotopic (exact) mass is 628 g/mol. The van der Waals surface area contributed by atoms with Crippen LogP contribution < -0.4 is 26.2 Å². The summed E-state index contributed by atoms with van der Waals surface area (Å²) >= 11 is 0. The number of imidazole rings is 1. The van der Waals surface area contributed by atoms with Gasteiger partial charge >= 0.3 is 44.9 Å². The van der Waals surface area contributed by atoms with E-state index in [0.29, 0.717) is 0 Å². The SMILES string of the molecule is CC(=O)[O-].CC(=O)[O-].CC(=O)[O-].CC(=O)[O-].NCC(O)Cn1ccnc1[N+](=O)[O-].[Rh+2].[Rh+2]. The number of carboxylic acids is 4. The van der Waals surface area contributed by atoms with Crippen LogP contribution in [0.25, 0.3) is 0 Å². The smallest absolute Gasteiger partial charge is 0.550 e. The number of carbonyl (C=O) groups excluding carboxylic acids is 4. The van der Waals surface area contributed by atoms with Gasteiger partial charge in [-0.1, -0.05) is 4.98 Å². The number of carboxylic acid groups (broad SMARTS) is 4. The molecule has 3 N–H and O–H groups in total. The number of aromatic nitrogens is 2. The molecule has 1 atom stereocenters. The van der Waals surface area contributed by atoms with Crippen molar-refractivity contribution in [1.82, 2.24) is 9.55 Å². The van der Waals surface area contributed by atoms with Crippen molar-refractivity contribution in [1.29, 1.82) is 0 Å². The Balaban J connectivity index is -0.0000000729. The van der Waals surface area contributed by atoms with Gasteiger partial charge in [0.05, 0.1) is 12.6 Å². The molecule has 0 amide bonds. The van der Waals surface area contributed by atoms with Gasteiger partial charge in [-0.3, -0.25) is 0 Å². The van der Waals surface area contributed by atoms with E-state index in [-0.39, 0.29) is 58.0 Å². The molecule has 0 aromatic carbocycles. The molecule has 0 aliphatic carbocycles. The Bertz CT molecular complexity index is 578. The fourth-order valence-corrected chi connectivity index (χ4v) is 0.917. The molecular weight excluding hydrogens is 606 g/mol. The molecule has 1 rings (SSSR count). The fourth-order valence-electron chi connectivity index (χ4n) is 0.917. The Morgan fingerprint density at radius 2 is 1.29 bits per heavy atom. The van der Waals surface area contributed by atoms with Crippen LogP contribution in [0.4, 0.5) is 5.95 Å². The van der Waals surface area contributed by atoms with E-state index in [4.69, 9.17) is 50.4 Å². The average molecular weight is 628 g/mol. The van der Waals surface area contributed by atoms with Gasteiger partial charge in [0.2, 0.25) is 0 Å². The second-order valence-electron chi connectivity index (χ2n) is 4.49. The Morgan fingerprint density at radius 3 is 1.52 bits per heavy atom. The molecule has 2 radical (unpaired) electrons. The number of aliphatic carboxylic acids is 4. The topological polar surface area (TPSA) is 268 Å². The minimum atomic E-state index is -1.08. The number of aliphatic hydroxyl groups excluding tert-OH is 1. The first-order valence-corrected chi connectivity index (χ1v) is 7.32. The minimum absolute atomic E-state index is 0. The Kier molecular flexibility index (Phi) is 38.1. The third kappa shape index (κ3) is 58.4. The molecule has 17 heteroatoms. The van der Waals surface area contributed by atoms with Crippen LogP contribution in [0.1, 0.15) is 27.7 Å². The fraction of sp³-hybridized carbons (Fsp3) is 0.500. The standard InChI is InChI=1S/C6H10N4O3.4C2H4O2.2Rh/c7-3-5(11)4-9-2-1-8-6(9)10(12)13;4*1-2(3)4;;/h1-2,5,11H,3-4,7H2;4*1H3,(H,3,4);;/q;;;;;2*+2/p-4. The maximum Gasteiger partial charge on any atom is 2.00 e. The van der Waals surface area contributed by atoms with Gasteiger partial charge in [-0.25, -0.2) is 4.57 Å². The molecule has 1 heterocycles. The summed E-state index contributed by atoms with van der Waals surface area (Å²) in [6.07, 6.45) is 1.95. The summed E-state index contributed by atoms with van der Waals surface area (Å²) in [5.41, 5.74) is 5.16. The van der Waals surface area contributed by atoms with Crippen molar-refractivity contribution < 1.29 is 88.6 Å². The van der Waals surface area contributed by atoms with E-state index in [1.54, 1.807) is 0 Å². The quantitative estimate of drug-likeness (QED) is 0.179. The second kappa shape index (κ2) is 27.7. The van der Waals surface area contributed by atoms with Crippen molar-refractivity contribution in [3.8, 4) is 0 Å². The van der Waals surface area contributed by atoms with Crippen LogP contribution >= 0.6 is 0 Å². The van der Waals surface area contributed by atoms with Crippen molar-refractivity contribution in [3.05, 3.63) is 22.5 Å². The maximum absolute atomic E-state index is 10.4. The second-order valence-corrected chi connectivity index (χ2v) is 4.49. The summed E-state index contributed by atoms with van der Waals surface area (Å²) in [7, 11) is 0. The molecular formula is C14H22N4O11Rh2. The van der Waals surface area contributed by atoms with E-state index in [0.717, 1.165) is 27.7 Å². The van der Waals surface area contributed by atoms with Gasteiger partial charge in [0.15, 0.2) is 0 Å². The molecule has 31 heavy (non-hydrogen) atoms. The third-order valence-corrected chi connectivity index (χ3v) is 1.54. The number of hydrogen-bond acceptors (Lipinski definition) is 13. The van der Waals surface area contributed by atoms with Crippen LogP contribution in [-0.2, 0) is 64.7 Å². The first-order chi connectivity index (χ1) is 13.1. The Hall–Kier alpha value is -2.34. The molecule has 0 aliphatic rings. The zero-order valence-corrected chi connectivity index (χ0v) is 20.0. The minimum Gasteiger partial charge on any atom is -0.550 e. The van der Waals surface area contributed by atoms with E-state index < -0.39 is 34.9 Å². The molecule has 1 aromatic rings. The number of rotatable bonds is 4. The zero-order valence-electron chi connectivity index (χ0n) is 16.8. The van der Waals surface area contributed by atoms with E-state index in [9.17, 15) is 10.1 Å². The number of carbonyl (C=O) groups is 4. The van der Waals surface area contributed by atoms with Gasteiger partial charge in [0.1, 0.15) is 12.4 Å². The van der Waals surface area contributed by atoms with Gasteiger partial charge in [0, 0.05) is 30.4 Å². The molecule has 1 aromatic heterocycles. The number of hydrogen-bond donors (Lipinski definition) is 2. The molecule has 0 spiro atoms. The van der Waals surface area contributed by atoms with E-state index in [1.807, 2.05) is 0 Å². The normalized spacial score (nSPS) is 8.58. The summed E-state index contributed by atoms with van der Waals surface area (Å²) < 4.78 is 1.25. The van der Waals surface area contributed by atoms with Gasteiger partial charge in [0.25, 0.3) is 0 Å². The van der Waals surface area contributed by atoms with Crippen LogP contribution in [0, 0.1) is 10.1 Å². The molecule has 1 unspecified atom stereocenters. The van der Waals surface area contributed by atoms with E-state index in [2.05, 4.69) is 4.98 Å². The molecule has 0 saturated carbocycles. The van der Waals surface area contributed by atoms with Crippen LogP contribution in [0.15, 0.2) is 12.4 Å². The first kappa shape index (κ1) is 42.7. The van der Waals surface area contributed by atoms with Crippen LogP contribution in [0.2, 0.25) is 0 Å². The number of nitrogens with zero attached hydrogens (tertiary/aromatic N) is 3. The molecule has 0 saturated heterocycles. The van der Waals surface area contributed by atoms with Crippen molar-refractivity contribution >= 4 is 29.8 Å². The maximum atomic E-state index is 10.4. The Morgan fingerprint density at radius 1 is 1.00 bits per heavy atom.